The van der Waals surface area contributed by atoms with Gasteiger partial charge in [-0.2, -0.15) is 0 Å². The van der Waals surface area contributed by atoms with Crippen molar-refractivity contribution >= 4 is 45.8 Å². The van der Waals surface area contributed by atoms with Crippen LogP contribution in [0.15, 0.2) is 22.7 Å². The lowest BCUT2D eigenvalue weighted by atomic mass is 9.97. The maximum absolute atomic E-state index is 12.3. The van der Waals surface area contributed by atoms with Crippen LogP contribution in [-0.2, 0) is 0 Å². The molecule has 3 N–H and O–H groups in total. The van der Waals surface area contributed by atoms with Crippen LogP contribution in [-0.4, -0.2) is 18.0 Å². The Hall–Kier alpha value is -0.290. The highest BCUT2D eigenvalue weighted by Gasteiger charge is 2.34. The molecular formula is C13H17BrCl2N2O. The van der Waals surface area contributed by atoms with Crippen LogP contribution in [0.5, 0.6) is 0 Å². The number of rotatable bonds is 3. The number of nitrogens with one attached hydrogen (secondary N) is 1. The summed E-state index contributed by atoms with van der Waals surface area (Å²) in [4.78, 5) is 12.3. The van der Waals surface area contributed by atoms with Gasteiger partial charge in [-0.3, -0.25) is 4.79 Å². The van der Waals surface area contributed by atoms with Crippen molar-refractivity contribution in [3.63, 3.8) is 0 Å². The topological polar surface area (TPSA) is 55.1 Å². The number of halogens is 3. The van der Waals surface area contributed by atoms with Gasteiger partial charge in [0, 0.05) is 11.0 Å². The second kappa shape index (κ2) is 6.93. The van der Waals surface area contributed by atoms with Gasteiger partial charge in [-0.05, 0) is 31.0 Å². The van der Waals surface area contributed by atoms with Crippen molar-refractivity contribution in [3.05, 3.63) is 33.3 Å². The third-order valence-electron chi connectivity index (χ3n) is 3.50. The molecule has 1 amide bonds. The molecule has 1 aliphatic carbocycles. The smallest absolute Gasteiger partial charge is 0.253 e. The lowest BCUT2D eigenvalue weighted by Gasteiger charge is -2.28. The number of benzene rings is 1. The van der Waals surface area contributed by atoms with Crippen LogP contribution in [0, 0.1) is 0 Å². The normalized spacial score (nSPS) is 16.8. The minimum Gasteiger partial charge on any atom is -0.345 e. The van der Waals surface area contributed by atoms with E-state index in [9.17, 15) is 4.79 Å². The van der Waals surface area contributed by atoms with Crippen molar-refractivity contribution in [1.82, 2.24) is 5.32 Å². The highest BCUT2D eigenvalue weighted by molar-refractivity contribution is 9.10. The molecule has 1 aromatic rings. The van der Waals surface area contributed by atoms with Gasteiger partial charge >= 0.3 is 0 Å². The van der Waals surface area contributed by atoms with Gasteiger partial charge in [-0.25, -0.2) is 0 Å². The molecule has 2 rings (SSSR count). The van der Waals surface area contributed by atoms with E-state index in [0.29, 0.717) is 17.1 Å². The van der Waals surface area contributed by atoms with Gasteiger partial charge < -0.3 is 11.1 Å². The third kappa shape index (κ3) is 3.85. The average molecular weight is 368 g/mol. The molecular weight excluding hydrogens is 351 g/mol. The van der Waals surface area contributed by atoms with E-state index in [4.69, 9.17) is 17.3 Å². The summed E-state index contributed by atoms with van der Waals surface area (Å²) in [7, 11) is 0. The monoisotopic (exact) mass is 366 g/mol. The Morgan fingerprint density at radius 2 is 2.05 bits per heavy atom. The summed E-state index contributed by atoms with van der Waals surface area (Å²) >= 11 is 9.40. The molecule has 106 valence electrons. The fourth-order valence-corrected chi connectivity index (χ4v) is 2.98. The van der Waals surface area contributed by atoms with Crippen molar-refractivity contribution in [2.24, 2.45) is 5.73 Å². The molecule has 1 saturated carbocycles. The van der Waals surface area contributed by atoms with E-state index >= 15 is 0 Å². The summed E-state index contributed by atoms with van der Waals surface area (Å²) in [5.41, 5.74) is 6.05. The van der Waals surface area contributed by atoms with E-state index in [1.54, 1.807) is 12.1 Å². The maximum atomic E-state index is 12.3. The molecule has 1 aromatic carbocycles. The molecule has 0 radical (unpaired) electrons. The summed E-state index contributed by atoms with van der Waals surface area (Å²) in [6.07, 6.45) is 4.12. The van der Waals surface area contributed by atoms with Crippen molar-refractivity contribution in [3.8, 4) is 0 Å². The first kappa shape index (κ1) is 16.8. The molecule has 0 atom stereocenters. The zero-order chi connectivity index (χ0) is 13.2. The lowest BCUT2D eigenvalue weighted by Crippen LogP contribution is -2.51. The number of carbonyl (C=O) groups excluding carboxylic acids is 1. The van der Waals surface area contributed by atoms with E-state index in [-0.39, 0.29) is 23.9 Å². The summed E-state index contributed by atoms with van der Waals surface area (Å²) in [6.45, 7) is 0.477. The summed E-state index contributed by atoms with van der Waals surface area (Å²) in [5.74, 6) is -0.145. The number of hydrogen-bond donors (Lipinski definition) is 2. The average Bonchev–Trinajstić information content (AvgIpc) is 2.81. The first-order valence-electron chi connectivity index (χ1n) is 6.04. The number of carbonyl (C=O) groups is 1. The van der Waals surface area contributed by atoms with Gasteiger partial charge in [-0.1, -0.05) is 40.4 Å². The Morgan fingerprint density at radius 1 is 1.42 bits per heavy atom. The van der Waals surface area contributed by atoms with E-state index in [2.05, 4.69) is 21.2 Å². The molecule has 3 nitrogen and oxygen atoms in total. The Kier molecular flexibility index (Phi) is 6.12. The predicted octanol–water partition coefficient (Wildman–Crippen LogP) is 3.53. The molecule has 0 bridgehead atoms. The lowest BCUT2D eigenvalue weighted by molar-refractivity contribution is 0.0903. The zero-order valence-electron chi connectivity index (χ0n) is 10.4. The standard InChI is InChI=1S/C13H16BrClN2O.ClH/c14-9-3-4-11(15)10(7-9)12(18)17-13(8-16)5-1-2-6-13;/h3-4,7H,1-2,5-6,8,16H2,(H,17,18);1H. The molecule has 0 saturated heterocycles. The van der Waals surface area contributed by atoms with Gasteiger partial charge in [0.25, 0.3) is 5.91 Å². The van der Waals surface area contributed by atoms with Crippen LogP contribution < -0.4 is 11.1 Å². The quantitative estimate of drug-likeness (QED) is 0.858. The number of amides is 1. The largest absolute Gasteiger partial charge is 0.345 e. The highest BCUT2D eigenvalue weighted by atomic mass is 79.9. The second-order valence-corrected chi connectivity index (χ2v) is 6.09. The van der Waals surface area contributed by atoms with Crippen LogP contribution in [0.25, 0.3) is 0 Å². The number of hydrogen-bond acceptors (Lipinski definition) is 2. The van der Waals surface area contributed by atoms with Gasteiger partial charge in [0.05, 0.1) is 16.1 Å². The highest BCUT2D eigenvalue weighted by Crippen LogP contribution is 2.30. The van der Waals surface area contributed by atoms with Crippen LogP contribution in [0.1, 0.15) is 36.0 Å². The van der Waals surface area contributed by atoms with Crippen molar-refractivity contribution in [2.45, 2.75) is 31.2 Å². The van der Waals surface area contributed by atoms with E-state index < -0.39 is 0 Å². The molecule has 0 aliphatic heterocycles. The molecule has 0 unspecified atom stereocenters. The predicted molar refractivity (Wildman–Crippen MR) is 84.1 cm³/mol. The molecule has 0 heterocycles. The fraction of sp³-hybridized carbons (Fsp3) is 0.462. The Morgan fingerprint density at radius 3 is 2.63 bits per heavy atom. The molecule has 0 aromatic heterocycles. The van der Waals surface area contributed by atoms with Crippen LogP contribution in [0.3, 0.4) is 0 Å². The zero-order valence-corrected chi connectivity index (χ0v) is 13.6. The van der Waals surface area contributed by atoms with Crippen molar-refractivity contribution < 1.29 is 4.79 Å². The summed E-state index contributed by atoms with van der Waals surface area (Å²) < 4.78 is 0.838. The second-order valence-electron chi connectivity index (χ2n) is 4.77. The molecule has 6 heteroatoms. The molecule has 19 heavy (non-hydrogen) atoms. The van der Waals surface area contributed by atoms with E-state index in [1.165, 1.54) is 0 Å². The first-order chi connectivity index (χ1) is 8.56. The summed E-state index contributed by atoms with van der Waals surface area (Å²) in [6, 6.07) is 5.26. The Bertz CT molecular complexity index is 462. The molecule has 1 fully saturated rings. The van der Waals surface area contributed by atoms with Crippen molar-refractivity contribution in [2.75, 3.05) is 6.54 Å². The van der Waals surface area contributed by atoms with Gasteiger partial charge in [-0.15, -0.1) is 12.4 Å². The SMILES string of the molecule is Cl.NCC1(NC(=O)c2cc(Br)ccc2Cl)CCCC1. The van der Waals surface area contributed by atoms with Gasteiger partial charge in [0.15, 0.2) is 0 Å². The van der Waals surface area contributed by atoms with Crippen LogP contribution >= 0.6 is 39.9 Å². The molecule has 1 aliphatic rings. The number of nitrogens with two attached hydrogens (primary N) is 1. The maximum Gasteiger partial charge on any atom is 0.253 e. The minimum atomic E-state index is -0.247. The first-order valence-corrected chi connectivity index (χ1v) is 7.21. The van der Waals surface area contributed by atoms with Gasteiger partial charge in [0.1, 0.15) is 0 Å². The van der Waals surface area contributed by atoms with Crippen molar-refractivity contribution in [1.29, 1.82) is 0 Å². The van der Waals surface area contributed by atoms with E-state index in [0.717, 1.165) is 30.2 Å². The van der Waals surface area contributed by atoms with Gasteiger partial charge in [0.2, 0.25) is 0 Å². The van der Waals surface area contributed by atoms with Crippen LogP contribution in [0.2, 0.25) is 5.02 Å². The minimum absolute atomic E-state index is 0. The Labute approximate surface area is 132 Å². The Balaban J connectivity index is 0.00000180. The summed E-state index contributed by atoms with van der Waals surface area (Å²) in [5, 5.41) is 3.52. The molecule has 0 spiro atoms. The fourth-order valence-electron chi connectivity index (χ4n) is 2.41. The van der Waals surface area contributed by atoms with E-state index in [1.807, 2.05) is 6.07 Å². The van der Waals surface area contributed by atoms with Crippen LogP contribution in [0.4, 0.5) is 0 Å². The third-order valence-corrected chi connectivity index (χ3v) is 4.33.